The molecule has 0 heterocycles. The van der Waals surface area contributed by atoms with Gasteiger partial charge in [0.25, 0.3) is 0 Å². The summed E-state index contributed by atoms with van der Waals surface area (Å²) in [5, 5.41) is 0. The van der Waals surface area contributed by atoms with Crippen molar-refractivity contribution in [3.05, 3.63) is 0 Å². The Kier molecular flexibility index (Phi) is 2.63. The number of ether oxygens (including phenoxy) is 1. The molecule has 0 aliphatic heterocycles. The van der Waals surface area contributed by atoms with Gasteiger partial charge in [-0.1, -0.05) is 27.2 Å². The monoisotopic (exact) mass is 236 g/mol. The lowest BCUT2D eigenvalue weighted by molar-refractivity contribution is 0.0184. The van der Waals surface area contributed by atoms with Gasteiger partial charge in [0.15, 0.2) is 0 Å². The first-order chi connectivity index (χ1) is 8.00. The lowest BCUT2D eigenvalue weighted by Crippen LogP contribution is -2.36. The zero-order valence-corrected chi connectivity index (χ0v) is 12.0. The van der Waals surface area contributed by atoms with Crippen LogP contribution in [-0.2, 0) is 4.74 Å². The minimum atomic E-state index is 0.575. The van der Waals surface area contributed by atoms with Crippen molar-refractivity contribution >= 4 is 0 Å². The van der Waals surface area contributed by atoms with Gasteiger partial charge < -0.3 is 4.74 Å². The van der Waals surface area contributed by atoms with Crippen molar-refractivity contribution in [3.8, 4) is 0 Å². The first kappa shape index (κ1) is 12.0. The Bertz CT molecular complexity index is 309. The quantitative estimate of drug-likeness (QED) is 0.700. The Morgan fingerprint density at radius 2 is 1.88 bits per heavy atom. The second kappa shape index (κ2) is 3.73. The molecular weight excluding hydrogens is 208 g/mol. The van der Waals surface area contributed by atoms with Crippen LogP contribution >= 0.6 is 0 Å². The smallest absolute Gasteiger partial charge is 0.0498 e. The van der Waals surface area contributed by atoms with Crippen LogP contribution in [0.3, 0.4) is 0 Å². The van der Waals surface area contributed by atoms with Crippen molar-refractivity contribution in [2.75, 3.05) is 13.7 Å². The molecule has 0 aromatic rings. The maximum Gasteiger partial charge on any atom is 0.0498 e. The molecule has 17 heavy (non-hydrogen) atoms. The Morgan fingerprint density at radius 1 is 1.12 bits per heavy atom. The van der Waals surface area contributed by atoms with Crippen LogP contribution in [0.1, 0.15) is 52.9 Å². The molecule has 3 aliphatic rings. The molecule has 0 N–H and O–H groups in total. The summed E-state index contributed by atoms with van der Waals surface area (Å²) in [7, 11) is 1.89. The highest BCUT2D eigenvalue weighted by atomic mass is 16.5. The van der Waals surface area contributed by atoms with Crippen molar-refractivity contribution < 1.29 is 4.74 Å². The third kappa shape index (κ3) is 1.47. The lowest BCUT2D eigenvalue weighted by atomic mass is 9.65. The van der Waals surface area contributed by atoms with E-state index in [4.69, 9.17) is 4.74 Å². The fourth-order valence-corrected chi connectivity index (χ4v) is 6.06. The molecule has 0 aromatic carbocycles. The van der Waals surface area contributed by atoms with Gasteiger partial charge in [0.1, 0.15) is 0 Å². The van der Waals surface area contributed by atoms with E-state index in [-0.39, 0.29) is 0 Å². The van der Waals surface area contributed by atoms with Gasteiger partial charge in [0.2, 0.25) is 0 Å². The van der Waals surface area contributed by atoms with Crippen molar-refractivity contribution in [2.24, 2.45) is 34.5 Å². The van der Waals surface area contributed by atoms with E-state index in [1.165, 1.54) is 32.1 Å². The third-order valence-corrected chi connectivity index (χ3v) is 6.70. The molecule has 3 rings (SSSR count). The van der Waals surface area contributed by atoms with Crippen molar-refractivity contribution in [1.29, 1.82) is 0 Å². The van der Waals surface area contributed by atoms with E-state index in [1.54, 1.807) is 0 Å². The van der Waals surface area contributed by atoms with Crippen molar-refractivity contribution in [1.82, 2.24) is 0 Å². The predicted molar refractivity (Wildman–Crippen MR) is 70.8 cm³/mol. The molecule has 0 amide bonds. The van der Waals surface area contributed by atoms with Crippen LogP contribution in [-0.4, -0.2) is 13.7 Å². The highest BCUT2D eigenvalue weighted by molar-refractivity contribution is 5.12. The Morgan fingerprint density at radius 3 is 2.59 bits per heavy atom. The zero-order valence-electron chi connectivity index (χ0n) is 12.0. The number of hydrogen-bond acceptors (Lipinski definition) is 1. The molecule has 1 nitrogen and oxygen atoms in total. The molecular formula is C16H28O. The standard InChI is InChI=1S/C16H28O/c1-15(2)8-5-9-16(3)12-7-6-11(14(12)15)13(16)10-17-4/h11-14H,5-10H2,1-4H3. The first-order valence-corrected chi connectivity index (χ1v) is 7.49. The highest BCUT2D eigenvalue weighted by Crippen LogP contribution is 2.70. The summed E-state index contributed by atoms with van der Waals surface area (Å²) >= 11 is 0. The Balaban J connectivity index is 1.99. The number of rotatable bonds is 2. The van der Waals surface area contributed by atoms with Gasteiger partial charge in [-0.25, -0.2) is 0 Å². The summed E-state index contributed by atoms with van der Waals surface area (Å²) in [4.78, 5) is 0. The summed E-state index contributed by atoms with van der Waals surface area (Å²) in [6, 6.07) is 0. The van der Waals surface area contributed by atoms with E-state index in [0.717, 1.165) is 30.3 Å². The van der Waals surface area contributed by atoms with Crippen LogP contribution in [0, 0.1) is 34.5 Å². The molecule has 0 aromatic heterocycles. The summed E-state index contributed by atoms with van der Waals surface area (Å²) in [6.45, 7) is 8.65. The zero-order chi connectivity index (χ0) is 12.3. The highest BCUT2D eigenvalue weighted by Gasteiger charge is 2.64. The normalized spacial score (nSPS) is 51.5. The maximum absolute atomic E-state index is 5.56. The van der Waals surface area contributed by atoms with E-state index in [0.29, 0.717) is 10.8 Å². The fourth-order valence-electron chi connectivity index (χ4n) is 6.06. The molecule has 5 unspecified atom stereocenters. The van der Waals surface area contributed by atoms with E-state index in [9.17, 15) is 0 Å². The average molecular weight is 236 g/mol. The van der Waals surface area contributed by atoms with Crippen LogP contribution in [0.2, 0.25) is 0 Å². The lowest BCUT2D eigenvalue weighted by Gasteiger charge is -2.41. The minimum Gasteiger partial charge on any atom is -0.384 e. The van der Waals surface area contributed by atoms with Gasteiger partial charge in [-0.2, -0.15) is 0 Å². The van der Waals surface area contributed by atoms with Crippen LogP contribution in [0.25, 0.3) is 0 Å². The Labute approximate surface area is 106 Å². The maximum atomic E-state index is 5.56. The summed E-state index contributed by atoms with van der Waals surface area (Å²) < 4.78 is 5.56. The number of hydrogen-bond donors (Lipinski definition) is 0. The topological polar surface area (TPSA) is 9.23 Å². The van der Waals surface area contributed by atoms with Crippen LogP contribution < -0.4 is 0 Å². The molecule has 3 saturated carbocycles. The largest absolute Gasteiger partial charge is 0.384 e. The molecule has 3 fully saturated rings. The molecule has 0 radical (unpaired) electrons. The molecule has 98 valence electrons. The summed E-state index contributed by atoms with van der Waals surface area (Å²) in [5.74, 6) is 3.77. The van der Waals surface area contributed by atoms with Gasteiger partial charge in [0, 0.05) is 13.7 Å². The van der Waals surface area contributed by atoms with Crippen LogP contribution in [0.15, 0.2) is 0 Å². The average Bonchev–Trinajstić information content (AvgIpc) is 2.74. The molecule has 0 saturated heterocycles. The molecule has 5 atom stereocenters. The molecule has 1 heteroatoms. The first-order valence-electron chi connectivity index (χ1n) is 7.49. The fraction of sp³-hybridized carbons (Fsp3) is 1.00. The van der Waals surface area contributed by atoms with E-state index in [2.05, 4.69) is 20.8 Å². The molecule has 4 bridgehead atoms. The van der Waals surface area contributed by atoms with Gasteiger partial charge in [-0.3, -0.25) is 0 Å². The van der Waals surface area contributed by atoms with E-state index >= 15 is 0 Å². The molecule has 3 aliphatic carbocycles. The third-order valence-electron chi connectivity index (χ3n) is 6.70. The van der Waals surface area contributed by atoms with Gasteiger partial charge in [0.05, 0.1) is 0 Å². The van der Waals surface area contributed by atoms with E-state index in [1.807, 2.05) is 7.11 Å². The molecule has 0 spiro atoms. The minimum absolute atomic E-state index is 0.575. The number of methoxy groups -OCH3 is 1. The van der Waals surface area contributed by atoms with Crippen molar-refractivity contribution in [3.63, 3.8) is 0 Å². The van der Waals surface area contributed by atoms with E-state index < -0.39 is 0 Å². The Hall–Kier alpha value is -0.0400. The SMILES string of the molecule is COCC1C2CCC3C2C(C)(C)CCCC13C. The van der Waals surface area contributed by atoms with Gasteiger partial charge >= 0.3 is 0 Å². The van der Waals surface area contributed by atoms with Crippen LogP contribution in [0.4, 0.5) is 0 Å². The van der Waals surface area contributed by atoms with Gasteiger partial charge in [-0.15, -0.1) is 0 Å². The second-order valence-corrected chi connectivity index (χ2v) is 7.78. The van der Waals surface area contributed by atoms with Crippen LogP contribution in [0.5, 0.6) is 0 Å². The summed E-state index contributed by atoms with van der Waals surface area (Å²) in [5.41, 5.74) is 1.17. The second-order valence-electron chi connectivity index (χ2n) is 7.78. The van der Waals surface area contributed by atoms with Gasteiger partial charge in [-0.05, 0) is 60.2 Å². The summed E-state index contributed by atoms with van der Waals surface area (Å²) in [6.07, 6.45) is 7.30. The van der Waals surface area contributed by atoms with Crippen molar-refractivity contribution in [2.45, 2.75) is 52.9 Å². The predicted octanol–water partition coefficient (Wildman–Crippen LogP) is 4.12.